The van der Waals surface area contributed by atoms with Crippen molar-refractivity contribution >= 4 is 5.91 Å². The molecule has 2 aliphatic rings. The van der Waals surface area contributed by atoms with E-state index in [1.54, 1.807) is 14.2 Å². The van der Waals surface area contributed by atoms with Gasteiger partial charge in [0.1, 0.15) is 11.8 Å². The molecule has 2 aliphatic heterocycles. The summed E-state index contributed by atoms with van der Waals surface area (Å²) in [5.41, 5.74) is 11.5. The van der Waals surface area contributed by atoms with Crippen LogP contribution in [-0.2, 0) is 11.2 Å². The number of aryl methyl sites for hydroxylation is 2. The van der Waals surface area contributed by atoms with Crippen LogP contribution in [0.5, 0.6) is 17.2 Å². The predicted octanol–water partition coefficient (Wildman–Crippen LogP) is 3.99. The Balaban J connectivity index is 1.49. The summed E-state index contributed by atoms with van der Waals surface area (Å²) in [6, 6.07) is 19.3. The van der Waals surface area contributed by atoms with Crippen molar-refractivity contribution < 1.29 is 19.4 Å². The Morgan fingerprint density at radius 1 is 0.917 bits per heavy atom. The fraction of sp³-hybridized carbons (Fsp3) is 0.345. The molecule has 0 saturated carbocycles. The highest BCUT2D eigenvalue weighted by atomic mass is 16.5. The lowest BCUT2D eigenvalue weighted by atomic mass is 9.82. The second kappa shape index (κ2) is 9.84. The van der Waals surface area contributed by atoms with Crippen LogP contribution in [0.2, 0.25) is 0 Å². The first-order valence-electron chi connectivity index (χ1n) is 12.3. The highest BCUT2D eigenvalue weighted by Gasteiger charge is 2.55. The van der Waals surface area contributed by atoms with Crippen molar-refractivity contribution in [3.8, 4) is 17.2 Å². The maximum atomic E-state index is 13.7. The van der Waals surface area contributed by atoms with Gasteiger partial charge in [0.2, 0.25) is 5.91 Å². The second-order valence-corrected chi connectivity index (χ2v) is 9.67. The molecule has 3 aromatic rings. The van der Waals surface area contributed by atoms with E-state index in [0.717, 1.165) is 27.8 Å². The maximum absolute atomic E-state index is 13.7. The van der Waals surface area contributed by atoms with Gasteiger partial charge in [-0.2, -0.15) is 0 Å². The fourth-order valence-corrected chi connectivity index (χ4v) is 5.78. The Morgan fingerprint density at radius 2 is 1.64 bits per heavy atom. The van der Waals surface area contributed by atoms with Crippen molar-refractivity contribution in [2.75, 3.05) is 20.8 Å². The molecule has 7 heteroatoms. The van der Waals surface area contributed by atoms with Crippen molar-refractivity contribution in [3.63, 3.8) is 0 Å². The van der Waals surface area contributed by atoms with Gasteiger partial charge in [0, 0.05) is 18.0 Å². The molecule has 5 rings (SSSR count). The van der Waals surface area contributed by atoms with Crippen molar-refractivity contribution in [2.45, 2.75) is 38.4 Å². The van der Waals surface area contributed by atoms with Crippen molar-refractivity contribution in [1.29, 1.82) is 0 Å². The number of nitrogens with zero attached hydrogens (tertiary/aromatic N) is 1. The molecule has 0 aromatic heterocycles. The van der Waals surface area contributed by atoms with Crippen LogP contribution in [0.15, 0.2) is 60.7 Å². The molecule has 36 heavy (non-hydrogen) atoms. The Labute approximate surface area is 212 Å². The summed E-state index contributed by atoms with van der Waals surface area (Å²) < 4.78 is 10.8. The minimum absolute atomic E-state index is 0.0631. The topological polar surface area (TPSA) is 83.1 Å². The molecule has 0 radical (unpaired) electrons. The number of hydrogen-bond donors (Lipinski definition) is 3. The summed E-state index contributed by atoms with van der Waals surface area (Å²) in [5, 5.41) is 10.9. The SMILES string of the molecule is COc1ccc(CCN2C(=O)C3NNC(c4cc(C)cc(C)c4O)C3C2c2ccccc2)cc1OC. The standard InChI is InChI=1S/C29H33N3O4/c1-17-14-18(2)28(33)21(15-17)25-24-26(31-30-25)29(34)32(27(24)20-8-6-5-7-9-20)13-12-19-10-11-22(35-3)23(16-19)36-4/h5-11,14-16,24-27,30-31,33H,12-13H2,1-4H3. The number of methoxy groups -OCH3 is 2. The fourth-order valence-electron chi connectivity index (χ4n) is 5.78. The summed E-state index contributed by atoms with van der Waals surface area (Å²) in [6.07, 6.45) is 0.682. The number of hydrazine groups is 1. The minimum atomic E-state index is -0.383. The summed E-state index contributed by atoms with van der Waals surface area (Å²) in [4.78, 5) is 15.7. The number of hydrogen-bond acceptors (Lipinski definition) is 6. The van der Waals surface area contributed by atoms with E-state index in [1.807, 2.05) is 67.3 Å². The molecule has 0 bridgehead atoms. The number of aromatic hydroxyl groups is 1. The Hall–Kier alpha value is -3.55. The van der Waals surface area contributed by atoms with Crippen LogP contribution in [-0.4, -0.2) is 42.7 Å². The second-order valence-electron chi connectivity index (χ2n) is 9.67. The number of rotatable bonds is 7. The quantitative estimate of drug-likeness (QED) is 0.468. The zero-order valence-electron chi connectivity index (χ0n) is 21.1. The Morgan fingerprint density at radius 3 is 2.36 bits per heavy atom. The van der Waals surface area contributed by atoms with E-state index >= 15 is 0 Å². The van der Waals surface area contributed by atoms with Crippen LogP contribution in [0.1, 0.15) is 39.9 Å². The first-order chi connectivity index (χ1) is 17.4. The van der Waals surface area contributed by atoms with E-state index in [0.29, 0.717) is 24.5 Å². The molecule has 2 heterocycles. The number of ether oxygens (including phenoxy) is 2. The molecule has 4 atom stereocenters. The van der Waals surface area contributed by atoms with Gasteiger partial charge >= 0.3 is 0 Å². The molecule has 0 spiro atoms. The zero-order valence-corrected chi connectivity index (χ0v) is 21.1. The summed E-state index contributed by atoms with van der Waals surface area (Å²) >= 11 is 0. The first-order valence-corrected chi connectivity index (χ1v) is 12.3. The number of phenolic OH excluding ortho intramolecular Hbond substituents is 1. The van der Waals surface area contributed by atoms with Gasteiger partial charge in [-0.05, 0) is 49.1 Å². The number of benzene rings is 3. The van der Waals surface area contributed by atoms with Crippen LogP contribution in [0.25, 0.3) is 0 Å². The van der Waals surface area contributed by atoms with E-state index < -0.39 is 0 Å². The molecule has 2 fully saturated rings. The number of fused-ring (bicyclic) bond motifs is 1. The van der Waals surface area contributed by atoms with Gasteiger partial charge < -0.3 is 19.5 Å². The monoisotopic (exact) mass is 487 g/mol. The molecule has 4 unspecified atom stereocenters. The van der Waals surface area contributed by atoms with E-state index in [9.17, 15) is 9.90 Å². The lowest BCUT2D eigenvalue weighted by molar-refractivity contribution is -0.130. The molecule has 7 nitrogen and oxygen atoms in total. The average molecular weight is 488 g/mol. The van der Waals surface area contributed by atoms with Crippen LogP contribution in [0.4, 0.5) is 0 Å². The molecule has 3 aromatic carbocycles. The minimum Gasteiger partial charge on any atom is -0.507 e. The van der Waals surface area contributed by atoms with Crippen LogP contribution in [0, 0.1) is 19.8 Å². The van der Waals surface area contributed by atoms with Gasteiger partial charge in [-0.15, -0.1) is 0 Å². The molecule has 188 valence electrons. The molecule has 3 N–H and O–H groups in total. The highest BCUT2D eigenvalue weighted by molar-refractivity contribution is 5.86. The molecule has 1 amide bonds. The number of phenols is 1. The molecule has 2 saturated heterocycles. The normalized spacial score (nSPS) is 23.1. The summed E-state index contributed by atoms with van der Waals surface area (Å²) in [6.45, 7) is 4.50. The third-order valence-electron chi connectivity index (χ3n) is 7.45. The van der Waals surface area contributed by atoms with Crippen LogP contribution < -0.4 is 20.3 Å². The number of amides is 1. The van der Waals surface area contributed by atoms with Gasteiger partial charge in [-0.3, -0.25) is 4.79 Å². The van der Waals surface area contributed by atoms with E-state index in [1.165, 1.54) is 0 Å². The van der Waals surface area contributed by atoms with E-state index in [2.05, 4.69) is 23.0 Å². The van der Waals surface area contributed by atoms with E-state index in [-0.39, 0.29) is 35.7 Å². The third-order valence-corrected chi connectivity index (χ3v) is 7.45. The molecular formula is C29H33N3O4. The Bertz CT molecular complexity index is 1260. The lowest BCUT2D eigenvalue weighted by Gasteiger charge is -2.32. The van der Waals surface area contributed by atoms with Gasteiger partial charge in [0.25, 0.3) is 0 Å². The molecule has 0 aliphatic carbocycles. The number of carbonyl (C=O) groups excluding carboxylic acids is 1. The smallest absolute Gasteiger partial charge is 0.242 e. The Kier molecular flexibility index (Phi) is 6.60. The highest BCUT2D eigenvalue weighted by Crippen LogP contribution is 2.49. The largest absolute Gasteiger partial charge is 0.507 e. The average Bonchev–Trinajstić information content (AvgIpc) is 3.43. The number of likely N-dealkylation sites (tertiary alicyclic amines) is 1. The van der Waals surface area contributed by atoms with E-state index in [4.69, 9.17) is 9.47 Å². The van der Waals surface area contributed by atoms with Crippen molar-refractivity contribution in [3.05, 3.63) is 88.5 Å². The summed E-state index contributed by atoms with van der Waals surface area (Å²) in [5.74, 6) is 1.62. The first kappa shape index (κ1) is 24.2. The summed E-state index contributed by atoms with van der Waals surface area (Å²) in [7, 11) is 3.24. The predicted molar refractivity (Wildman–Crippen MR) is 138 cm³/mol. The van der Waals surface area contributed by atoms with Gasteiger partial charge in [-0.1, -0.05) is 54.1 Å². The third kappa shape index (κ3) is 4.18. The zero-order chi connectivity index (χ0) is 25.4. The van der Waals surface area contributed by atoms with Gasteiger partial charge in [0.05, 0.1) is 26.3 Å². The number of carbonyl (C=O) groups is 1. The van der Waals surface area contributed by atoms with Crippen LogP contribution >= 0.6 is 0 Å². The van der Waals surface area contributed by atoms with Gasteiger partial charge in [-0.25, -0.2) is 10.9 Å². The number of nitrogens with one attached hydrogen (secondary N) is 2. The van der Waals surface area contributed by atoms with Gasteiger partial charge in [0.15, 0.2) is 11.5 Å². The van der Waals surface area contributed by atoms with Crippen LogP contribution in [0.3, 0.4) is 0 Å². The van der Waals surface area contributed by atoms with Crippen molar-refractivity contribution in [1.82, 2.24) is 15.8 Å². The molecular weight excluding hydrogens is 454 g/mol. The maximum Gasteiger partial charge on any atom is 0.242 e. The lowest BCUT2D eigenvalue weighted by Crippen LogP contribution is -2.42. The van der Waals surface area contributed by atoms with Crippen molar-refractivity contribution in [2.24, 2.45) is 5.92 Å².